The van der Waals surface area contributed by atoms with Crippen LogP contribution in [0.25, 0.3) is 21.5 Å². The van der Waals surface area contributed by atoms with E-state index >= 15 is 0 Å². The highest BCUT2D eigenvalue weighted by Gasteiger charge is 2.19. The Morgan fingerprint density at radius 1 is 1.11 bits per heavy atom. The number of hydrogen-bond acceptors (Lipinski definition) is 3. The lowest BCUT2D eigenvalue weighted by Crippen LogP contribution is -2.18. The van der Waals surface area contributed by atoms with Gasteiger partial charge in [0.15, 0.2) is 0 Å². The van der Waals surface area contributed by atoms with Crippen molar-refractivity contribution < 1.29 is 14.6 Å². The number of hydrogen-bond donors (Lipinski definition) is 2. The fourth-order valence-corrected chi connectivity index (χ4v) is 3.65. The van der Waals surface area contributed by atoms with E-state index in [1.165, 1.54) is 5.56 Å². The van der Waals surface area contributed by atoms with Crippen LogP contribution in [-0.2, 0) is 4.74 Å². The van der Waals surface area contributed by atoms with Gasteiger partial charge in [-0.15, -0.1) is 6.58 Å². The molecule has 3 rings (SSSR count). The summed E-state index contributed by atoms with van der Waals surface area (Å²) in [5.41, 5.74) is 1.17. The van der Waals surface area contributed by atoms with Gasteiger partial charge in [0, 0.05) is 12.5 Å². The number of rotatable bonds is 9. The molecule has 0 bridgehead atoms. The summed E-state index contributed by atoms with van der Waals surface area (Å²) in [7, 11) is 0. The van der Waals surface area contributed by atoms with Crippen LogP contribution in [0.3, 0.4) is 0 Å². The summed E-state index contributed by atoms with van der Waals surface area (Å²) in [5, 5.41) is 17.0. The van der Waals surface area contributed by atoms with E-state index in [2.05, 4.69) is 42.2 Å². The predicted molar refractivity (Wildman–Crippen MR) is 110 cm³/mol. The Morgan fingerprint density at radius 3 is 2.33 bits per heavy atom. The molecule has 0 aliphatic heterocycles. The SMILES string of the molecule is C=CCNCCCC(COC(=O)O)c1c2ccccc2cc2ccccc12. The third kappa shape index (κ3) is 4.66. The Labute approximate surface area is 159 Å². The van der Waals surface area contributed by atoms with Gasteiger partial charge in [0.05, 0.1) is 0 Å². The van der Waals surface area contributed by atoms with Gasteiger partial charge in [-0.2, -0.15) is 0 Å². The summed E-state index contributed by atoms with van der Waals surface area (Å²) >= 11 is 0. The van der Waals surface area contributed by atoms with Crippen LogP contribution in [0.1, 0.15) is 24.3 Å². The summed E-state index contributed by atoms with van der Waals surface area (Å²) in [6.45, 7) is 5.50. The lowest BCUT2D eigenvalue weighted by Gasteiger charge is -2.21. The van der Waals surface area contributed by atoms with Crippen molar-refractivity contribution in [1.82, 2.24) is 5.32 Å². The Morgan fingerprint density at radius 2 is 1.74 bits per heavy atom. The number of ether oxygens (including phenoxy) is 1. The molecule has 4 nitrogen and oxygen atoms in total. The predicted octanol–water partition coefficient (Wildman–Crippen LogP) is 5.33. The van der Waals surface area contributed by atoms with Crippen LogP contribution in [0.4, 0.5) is 4.79 Å². The molecule has 4 heteroatoms. The smallest absolute Gasteiger partial charge is 0.450 e. The van der Waals surface area contributed by atoms with Crippen molar-refractivity contribution >= 4 is 27.7 Å². The van der Waals surface area contributed by atoms with Crippen molar-refractivity contribution in [2.45, 2.75) is 18.8 Å². The first-order valence-corrected chi connectivity index (χ1v) is 9.28. The molecule has 1 atom stereocenters. The molecule has 2 N–H and O–H groups in total. The summed E-state index contributed by atoms with van der Waals surface area (Å²) in [5.74, 6) is 0.00244. The highest BCUT2D eigenvalue weighted by molar-refractivity contribution is 6.02. The summed E-state index contributed by atoms with van der Waals surface area (Å²) < 4.78 is 5.01. The van der Waals surface area contributed by atoms with Gasteiger partial charge in [-0.3, -0.25) is 0 Å². The minimum atomic E-state index is -1.23. The molecule has 0 aromatic heterocycles. The van der Waals surface area contributed by atoms with E-state index < -0.39 is 6.16 Å². The Kier molecular flexibility index (Phi) is 6.44. The average molecular weight is 363 g/mol. The lowest BCUT2D eigenvalue weighted by atomic mass is 9.86. The largest absolute Gasteiger partial charge is 0.505 e. The van der Waals surface area contributed by atoms with Crippen LogP contribution in [-0.4, -0.2) is 31.0 Å². The molecule has 0 aliphatic carbocycles. The molecule has 27 heavy (non-hydrogen) atoms. The number of fused-ring (bicyclic) bond motifs is 2. The molecule has 1 unspecified atom stereocenters. The quantitative estimate of drug-likeness (QED) is 0.234. The summed E-state index contributed by atoms with van der Waals surface area (Å²) in [6.07, 6.45) is 2.38. The van der Waals surface area contributed by atoms with E-state index in [9.17, 15) is 4.79 Å². The van der Waals surface area contributed by atoms with Gasteiger partial charge in [-0.1, -0.05) is 54.6 Å². The minimum Gasteiger partial charge on any atom is -0.450 e. The summed E-state index contributed by atoms with van der Waals surface area (Å²) in [4.78, 5) is 11.0. The van der Waals surface area contributed by atoms with Crippen molar-refractivity contribution in [3.05, 3.63) is 72.8 Å². The molecule has 0 spiro atoms. The number of nitrogens with one attached hydrogen (secondary N) is 1. The van der Waals surface area contributed by atoms with Crippen molar-refractivity contribution in [1.29, 1.82) is 0 Å². The zero-order chi connectivity index (χ0) is 19.1. The molecule has 0 aliphatic rings. The van der Waals surface area contributed by atoms with Gasteiger partial charge in [0.2, 0.25) is 0 Å². The van der Waals surface area contributed by atoms with E-state index in [1.807, 2.05) is 30.3 Å². The molecule has 0 amide bonds. The van der Waals surface area contributed by atoms with Crippen LogP contribution >= 0.6 is 0 Å². The molecular weight excluding hydrogens is 338 g/mol. The van der Waals surface area contributed by atoms with Gasteiger partial charge in [0.25, 0.3) is 0 Å². The highest BCUT2D eigenvalue weighted by Crippen LogP contribution is 2.36. The Hall–Kier alpha value is -2.85. The number of carboxylic acid groups (broad SMARTS) is 1. The Bertz CT molecular complexity index is 881. The van der Waals surface area contributed by atoms with Crippen molar-refractivity contribution in [2.24, 2.45) is 0 Å². The van der Waals surface area contributed by atoms with Gasteiger partial charge in [-0.25, -0.2) is 4.79 Å². The van der Waals surface area contributed by atoms with E-state index in [0.717, 1.165) is 47.5 Å². The van der Waals surface area contributed by atoms with E-state index in [0.29, 0.717) is 0 Å². The second kappa shape index (κ2) is 9.19. The maximum Gasteiger partial charge on any atom is 0.505 e. The van der Waals surface area contributed by atoms with Crippen LogP contribution in [0, 0.1) is 0 Å². The molecule has 0 saturated heterocycles. The highest BCUT2D eigenvalue weighted by atomic mass is 16.7. The van der Waals surface area contributed by atoms with Crippen molar-refractivity contribution in [3.63, 3.8) is 0 Å². The third-order valence-corrected chi connectivity index (χ3v) is 4.82. The molecule has 3 aromatic carbocycles. The van der Waals surface area contributed by atoms with Gasteiger partial charge < -0.3 is 15.2 Å². The number of carbonyl (C=O) groups is 1. The van der Waals surface area contributed by atoms with Crippen LogP contribution in [0.5, 0.6) is 0 Å². The number of benzene rings is 3. The maximum atomic E-state index is 11.0. The van der Waals surface area contributed by atoms with E-state index in [1.54, 1.807) is 0 Å². The Balaban J connectivity index is 2.00. The molecule has 0 saturated carbocycles. The van der Waals surface area contributed by atoms with Crippen molar-refractivity contribution in [2.75, 3.05) is 19.7 Å². The standard InChI is InChI=1S/C23H25NO3/c1-2-13-24-14-7-10-19(16-27-23(25)26)22-20-11-5-3-8-17(20)15-18-9-4-6-12-21(18)22/h2-6,8-9,11-12,15,19,24H,1,7,10,13-14,16H2,(H,25,26). The fourth-order valence-electron chi connectivity index (χ4n) is 3.65. The first kappa shape index (κ1) is 18.9. The average Bonchev–Trinajstić information content (AvgIpc) is 2.68. The van der Waals surface area contributed by atoms with E-state index in [4.69, 9.17) is 9.84 Å². The first-order chi connectivity index (χ1) is 13.2. The molecule has 0 radical (unpaired) electrons. The topological polar surface area (TPSA) is 58.6 Å². The molecule has 3 aromatic rings. The first-order valence-electron chi connectivity index (χ1n) is 9.28. The minimum absolute atomic E-state index is 0.00244. The molecule has 0 heterocycles. The normalized spacial score (nSPS) is 12.1. The molecule has 0 fully saturated rings. The van der Waals surface area contributed by atoms with Crippen molar-refractivity contribution in [3.8, 4) is 0 Å². The third-order valence-electron chi connectivity index (χ3n) is 4.82. The van der Waals surface area contributed by atoms with Gasteiger partial charge in [-0.05, 0) is 52.6 Å². The molecule has 140 valence electrons. The van der Waals surface area contributed by atoms with Crippen LogP contribution < -0.4 is 5.32 Å². The lowest BCUT2D eigenvalue weighted by molar-refractivity contribution is 0.0850. The van der Waals surface area contributed by atoms with Crippen LogP contribution in [0.15, 0.2) is 67.3 Å². The summed E-state index contributed by atoms with van der Waals surface area (Å²) in [6, 6.07) is 18.7. The maximum absolute atomic E-state index is 11.0. The fraction of sp³-hybridized carbons (Fsp3) is 0.261. The van der Waals surface area contributed by atoms with E-state index in [-0.39, 0.29) is 12.5 Å². The molecular formula is C23H25NO3. The second-order valence-corrected chi connectivity index (χ2v) is 6.64. The zero-order valence-electron chi connectivity index (χ0n) is 15.4. The van der Waals surface area contributed by atoms with Gasteiger partial charge >= 0.3 is 6.16 Å². The monoisotopic (exact) mass is 363 g/mol. The van der Waals surface area contributed by atoms with Gasteiger partial charge in [0.1, 0.15) is 6.61 Å². The second-order valence-electron chi connectivity index (χ2n) is 6.64. The van der Waals surface area contributed by atoms with Crippen LogP contribution in [0.2, 0.25) is 0 Å². The zero-order valence-corrected chi connectivity index (χ0v) is 15.4.